The van der Waals surface area contributed by atoms with E-state index < -0.39 is 23.3 Å². The lowest BCUT2D eigenvalue weighted by Crippen LogP contribution is -2.36. The third kappa shape index (κ3) is 4.18. The second-order valence-corrected chi connectivity index (χ2v) is 7.41. The molecule has 3 aromatic rings. The largest absolute Gasteiger partial charge is 0.326 e. The molecule has 4 rings (SSSR count). The fourth-order valence-electron chi connectivity index (χ4n) is 3.22. The number of anilines is 4. The minimum Gasteiger partial charge on any atom is -0.326 e. The number of amides is 2. The van der Waals surface area contributed by atoms with E-state index in [4.69, 9.17) is 11.6 Å². The molecule has 8 nitrogen and oxygen atoms in total. The molecule has 0 fully saturated rings. The highest BCUT2D eigenvalue weighted by molar-refractivity contribution is 6.30. The normalized spacial score (nSPS) is 15.1. The number of hydrogen-bond donors (Lipinski definition) is 4. The van der Waals surface area contributed by atoms with Crippen LogP contribution < -0.4 is 21.5 Å². The summed E-state index contributed by atoms with van der Waals surface area (Å²) in [6.45, 7) is 1.97. The Morgan fingerprint density at radius 2 is 1.90 bits per heavy atom. The van der Waals surface area contributed by atoms with E-state index in [1.807, 2.05) is 31.2 Å². The first-order valence-electron chi connectivity index (χ1n) is 9.23. The fraction of sp³-hybridized carbons (Fsp3) is 0.143. The maximum Gasteiger partial charge on any atom is 0.258 e. The van der Waals surface area contributed by atoms with E-state index in [0.717, 1.165) is 11.3 Å². The minimum absolute atomic E-state index is 0.0656. The van der Waals surface area contributed by atoms with Crippen LogP contribution in [0.1, 0.15) is 23.5 Å². The molecule has 0 bridgehead atoms. The SMILES string of the molecule is Cc1ccc(Nc2nc3c(c(=O)[nH]2)[C@@H](C(=O)Nc2cccc(Cl)c2)CC(=O)N3)cc1. The van der Waals surface area contributed by atoms with Crippen molar-refractivity contribution in [2.75, 3.05) is 16.0 Å². The van der Waals surface area contributed by atoms with E-state index in [0.29, 0.717) is 10.7 Å². The van der Waals surface area contributed by atoms with Gasteiger partial charge in [-0.25, -0.2) is 0 Å². The van der Waals surface area contributed by atoms with Gasteiger partial charge in [0.2, 0.25) is 17.8 Å². The highest BCUT2D eigenvalue weighted by atomic mass is 35.5. The average molecular weight is 424 g/mol. The second-order valence-electron chi connectivity index (χ2n) is 6.97. The molecule has 0 aliphatic carbocycles. The number of fused-ring (bicyclic) bond motifs is 1. The molecule has 1 aliphatic rings. The molecule has 2 amide bonds. The van der Waals surface area contributed by atoms with Gasteiger partial charge in [0, 0.05) is 22.8 Å². The van der Waals surface area contributed by atoms with Crippen LogP contribution in [0.25, 0.3) is 0 Å². The summed E-state index contributed by atoms with van der Waals surface area (Å²) in [5.41, 5.74) is 1.90. The van der Waals surface area contributed by atoms with Crippen LogP contribution in [-0.2, 0) is 9.59 Å². The summed E-state index contributed by atoms with van der Waals surface area (Å²) < 4.78 is 0. The van der Waals surface area contributed by atoms with Gasteiger partial charge in [0.05, 0.1) is 11.5 Å². The summed E-state index contributed by atoms with van der Waals surface area (Å²) in [6.07, 6.45) is -0.158. The van der Waals surface area contributed by atoms with Gasteiger partial charge in [-0.2, -0.15) is 4.98 Å². The van der Waals surface area contributed by atoms with Crippen molar-refractivity contribution in [3.8, 4) is 0 Å². The van der Waals surface area contributed by atoms with Crippen LogP contribution in [-0.4, -0.2) is 21.8 Å². The number of aromatic amines is 1. The first kappa shape index (κ1) is 19.7. The summed E-state index contributed by atoms with van der Waals surface area (Å²) in [4.78, 5) is 44.7. The summed E-state index contributed by atoms with van der Waals surface area (Å²) in [5.74, 6) is -1.62. The zero-order chi connectivity index (χ0) is 21.3. The molecule has 152 valence electrons. The van der Waals surface area contributed by atoms with Gasteiger partial charge in [-0.15, -0.1) is 0 Å². The number of rotatable bonds is 4. The summed E-state index contributed by atoms with van der Waals surface area (Å²) in [5, 5.41) is 8.74. The molecule has 1 atom stereocenters. The molecule has 2 heterocycles. The first-order valence-corrected chi connectivity index (χ1v) is 9.61. The van der Waals surface area contributed by atoms with Gasteiger partial charge < -0.3 is 16.0 Å². The molecule has 1 aliphatic heterocycles. The van der Waals surface area contributed by atoms with E-state index in [9.17, 15) is 14.4 Å². The van der Waals surface area contributed by atoms with Crippen molar-refractivity contribution in [1.29, 1.82) is 0 Å². The van der Waals surface area contributed by atoms with Crippen molar-refractivity contribution in [3.63, 3.8) is 0 Å². The predicted octanol–water partition coefficient (Wildman–Crippen LogP) is 3.54. The minimum atomic E-state index is -0.975. The molecule has 2 aromatic carbocycles. The van der Waals surface area contributed by atoms with Gasteiger partial charge in [-0.1, -0.05) is 35.4 Å². The zero-order valence-electron chi connectivity index (χ0n) is 16.0. The molecule has 0 saturated carbocycles. The number of aryl methyl sites for hydroxylation is 1. The van der Waals surface area contributed by atoms with Crippen molar-refractivity contribution in [3.05, 3.63) is 75.0 Å². The lowest BCUT2D eigenvalue weighted by atomic mass is 9.92. The Labute approximate surface area is 176 Å². The first-order chi connectivity index (χ1) is 14.4. The van der Waals surface area contributed by atoms with E-state index in [2.05, 4.69) is 25.9 Å². The van der Waals surface area contributed by atoms with Crippen LogP contribution in [0, 0.1) is 6.92 Å². The van der Waals surface area contributed by atoms with Crippen molar-refractivity contribution >= 4 is 46.6 Å². The van der Waals surface area contributed by atoms with Crippen LogP contribution in [0.2, 0.25) is 5.02 Å². The van der Waals surface area contributed by atoms with Crippen LogP contribution >= 0.6 is 11.6 Å². The maximum atomic E-state index is 12.8. The molecule has 0 unspecified atom stereocenters. The fourth-order valence-corrected chi connectivity index (χ4v) is 3.41. The number of carbonyl (C=O) groups excluding carboxylic acids is 2. The third-order valence-electron chi connectivity index (χ3n) is 4.67. The molecule has 0 saturated heterocycles. The van der Waals surface area contributed by atoms with Crippen molar-refractivity contribution in [1.82, 2.24) is 9.97 Å². The van der Waals surface area contributed by atoms with Gasteiger partial charge in [-0.3, -0.25) is 19.4 Å². The maximum absolute atomic E-state index is 12.8. The number of hydrogen-bond acceptors (Lipinski definition) is 5. The number of H-pyrrole nitrogens is 1. The van der Waals surface area contributed by atoms with Crippen LogP contribution in [0.15, 0.2) is 53.3 Å². The highest BCUT2D eigenvalue weighted by Gasteiger charge is 2.34. The number of nitrogens with one attached hydrogen (secondary N) is 4. The zero-order valence-corrected chi connectivity index (χ0v) is 16.7. The molecule has 9 heteroatoms. The van der Waals surface area contributed by atoms with Gasteiger partial charge >= 0.3 is 0 Å². The monoisotopic (exact) mass is 423 g/mol. The smallest absolute Gasteiger partial charge is 0.258 e. The molecular weight excluding hydrogens is 406 g/mol. The molecule has 30 heavy (non-hydrogen) atoms. The van der Waals surface area contributed by atoms with E-state index in [1.54, 1.807) is 24.3 Å². The quantitative estimate of drug-likeness (QED) is 0.512. The Bertz CT molecular complexity index is 1190. The summed E-state index contributed by atoms with van der Waals surface area (Å²) in [6, 6.07) is 14.1. The second kappa shape index (κ2) is 8.00. The van der Waals surface area contributed by atoms with Gasteiger partial charge in [0.1, 0.15) is 5.82 Å². The average Bonchev–Trinajstić information content (AvgIpc) is 2.69. The molecule has 4 N–H and O–H groups in total. The van der Waals surface area contributed by atoms with Crippen LogP contribution in [0.5, 0.6) is 0 Å². The van der Waals surface area contributed by atoms with Crippen LogP contribution in [0.4, 0.5) is 23.1 Å². The Balaban J connectivity index is 1.63. The number of nitrogens with zero attached hydrogens (tertiary/aromatic N) is 1. The van der Waals surface area contributed by atoms with Crippen LogP contribution in [0.3, 0.4) is 0 Å². The Morgan fingerprint density at radius 3 is 2.63 bits per heavy atom. The van der Waals surface area contributed by atoms with E-state index in [1.165, 1.54) is 0 Å². The number of carbonyl (C=O) groups is 2. The van der Waals surface area contributed by atoms with E-state index in [-0.39, 0.29) is 23.8 Å². The predicted molar refractivity (Wildman–Crippen MR) is 115 cm³/mol. The van der Waals surface area contributed by atoms with Gasteiger partial charge in [0.15, 0.2) is 0 Å². The summed E-state index contributed by atoms with van der Waals surface area (Å²) in [7, 11) is 0. The van der Waals surface area contributed by atoms with Gasteiger partial charge in [-0.05, 0) is 37.3 Å². The highest BCUT2D eigenvalue weighted by Crippen LogP contribution is 2.30. The Morgan fingerprint density at radius 1 is 1.13 bits per heavy atom. The number of aromatic nitrogens is 2. The van der Waals surface area contributed by atoms with Crippen molar-refractivity contribution in [2.24, 2.45) is 0 Å². The Kier molecular flexibility index (Phi) is 5.24. The van der Waals surface area contributed by atoms with Gasteiger partial charge in [0.25, 0.3) is 5.56 Å². The lowest BCUT2D eigenvalue weighted by Gasteiger charge is -2.23. The number of halogens is 1. The number of benzene rings is 2. The topological polar surface area (TPSA) is 116 Å². The van der Waals surface area contributed by atoms with Crippen molar-refractivity contribution < 1.29 is 9.59 Å². The van der Waals surface area contributed by atoms with Crippen molar-refractivity contribution in [2.45, 2.75) is 19.3 Å². The molecular formula is C21H18ClN5O3. The standard InChI is InChI=1S/C21H18ClN5O3/c1-11-5-7-13(8-6-11)24-21-26-18-17(20(30)27-21)15(10-16(28)25-18)19(29)23-14-4-2-3-12(22)9-14/h2-9,15H,10H2,1H3,(H,23,29)(H3,24,25,26,27,28,30)/t15-/m0/s1. The third-order valence-corrected chi connectivity index (χ3v) is 4.91. The molecule has 1 aromatic heterocycles. The molecule has 0 radical (unpaired) electrons. The lowest BCUT2D eigenvalue weighted by molar-refractivity contribution is -0.123. The Hall–Kier alpha value is -3.65. The summed E-state index contributed by atoms with van der Waals surface area (Å²) >= 11 is 5.95. The van der Waals surface area contributed by atoms with E-state index >= 15 is 0 Å². The molecule has 0 spiro atoms.